The van der Waals surface area contributed by atoms with Gasteiger partial charge >= 0.3 is 0 Å². The molecule has 4 nitrogen and oxygen atoms in total. The molecule has 2 heterocycles. The number of carbonyl (C=O) groups excluding carboxylic acids is 1. The van der Waals surface area contributed by atoms with E-state index in [0.29, 0.717) is 6.54 Å². The molecule has 106 valence electrons. The Morgan fingerprint density at radius 1 is 1.47 bits per heavy atom. The highest BCUT2D eigenvalue weighted by Gasteiger charge is 2.21. The Balaban J connectivity index is 1.85. The Bertz CT molecular complexity index is 430. The summed E-state index contributed by atoms with van der Waals surface area (Å²) in [6.07, 6.45) is 1.88. The van der Waals surface area contributed by atoms with Crippen molar-refractivity contribution in [2.45, 2.75) is 45.6 Å². The fourth-order valence-corrected chi connectivity index (χ4v) is 3.09. The van der Waals surface area contributed by atoms with E-state index in [1.807, 2.05) is 0 Å². The maximum atomic E-state index is 12.0. The minimum atomic E-state index is 0.0772. The SMILES string of the molecule is CC(C)(C)c1csc(CNC(=O)C2CCNCC2)n1. The van der Waals surface area contributed by atoms with E-state index in [-0.39, 0.29) is 17.2 Å². The predicted octanol–water partition coefficient (Wildman–Crippen LogP) is 2.06. The summed E-state index contributed by atoms with van der Waals surface area (Å²) in [5.74, 6) is 0.345. The van der Waals surface area contributed by atoms with E-state index >= 15 is 0 Å². The number of nitrogens with one attached hydrogen (secondary N) is 2. The molecule has 0 radical (unpaired) electrons. The quantitative estimate of drug-likeness (QED) is 0.891. The van der Waals surface area contributed by atoms with Crippen molar-refractivity contribution in [3.8, 4) is 0 Å². The van der Waals surface area contributed by atoms with E-state index in [2.05, 4.69) is 41.8 Å². The van der Waals surface area contributed by atoms with Crippen LogP contribution in [-0.4, -0.2) is 24.0 Å². The zero-order valence-electron chi connectivity index (χ0n) is 12.0. The molecule has 2 rings (SSSR count). The number of thiazole rings is 1. The Hall–Kier alpha value is -0.940. The maximum Gasteiger partial charge on any atom is 0.223 e. The minimum Gasteiger partial charge on any atom is -0.349 e. The molecule has 1 amide bonds. The molecule has 0 aliphatic carbocycles. The van der Waals surface area contributed by atoms with Gasteiger partial charge in [0.25, 0.3) is 0 Å². The maximum absolute atomic E-state index is 12.0. The third-order valence-corrected chi connectivity index (χ3v) is 4.29. The molecule has 0 aromatic carbocycles. The lowest BCUT2D eigenvalue weighted by Crippen LogP contribution is -2.37. The van der Waals surface area contributed by atoms with Crippen LogP contribution in [0.5, 0.6) is 0 Å². The van der Waals surface area contributed by atoms with Gasteiger partial charge in [-0.15, -0.1) is 11.3 Å². The topological polar surface area (TPSA) is 54.0 Å². The van der Waals surface area contributed by atoms with Crippen LogP contribution in [0.2, 0.25) is 0 Å². The zero-order valence-corrected chi connectivity index (χ0v) is 12.8. The fraction of sp³-hybridized carbons (Fsp3) is 0.714. The van der Waals surface area contributed by atoms with Crippen LogP contribution >= 0.6 is 11.3 Å². The summed E-state index contributed by atoms with van der Waals surface area (Å²) in [4.78, 5) is 16.6. The number of hydrogen-bond donors (Lipinski definition) is 2. The normalized spacial score (nSPS) is 17.4. The Morgan fingerprint density at radius 2 is 2.16 bits per heavy atom. The molecule has 0 unspecified atom stereocenters. The van der Waals surface area contributed by atoms with Crippen molar-refractivity contribution in [3.63, 3.8) is 0 Å². The van der Waals surface area contributed by atoms with Crippen LogP contribution in [0.1, 0.15) is 44.3 Å². The smallest absolute Gasteiger partial charge is 0.223 e. The summed E-state index contributed by atoms with van der Waals surface area (Å²) < 4.78 is 0. The highest BCUT2D eigenvalue weighted by molar-refractivity contribution is 7.09. The third-order valence-electron chi connectivity index (χ3n) is 3.44. The minimum absolute atomic E-state index is 0.0772. The number of nitrogens with zero attached hydrogens (tertiary/aromatic N) is 1. The van der Waals surface area contributed by atoms with Crippen molar-refractivity contribution in [1.82, 2.24) is 15.6 Å². The molecule has 5 heteroatoms. The molecule has 0 atom stereocenters. The second-order valence-electron chi connectivity index (χ2n) is 6.12. The molecule has 19 heavy (non-hydrogen) atoms. The molecular formula is C14H23N3OS. The summed E-state index contributed by atoms with van der Waals surface area (Å²) in [7, 11) is 0. The van der Waals surface area contributed by atoms with E-state index in [9.17, 15) is 4.79 Å². The van der Waals surface area contributed by atoms with Crippen LogP contribution in [-0.2, 0) is 16.8 Å². The van der Waals surface area contributed by atoms with E-state index in [1.54, 1.807) is 11.3 Å². The van der Waals surface area contributed by atoms with Gasteiger partial charge in [-0.2, -0.15) is 0 Å². The Morgan fingerprint density at radius 3 is 2.74 bits per heavy atom. The molecule has 0 saturated carbocycles. The van der Waals surface area contributed by atoms with Gasteiger partial charge in [-0.3, -0.25) is 4.79 Å². The average molecular weight is 281 g/mol. The van der Waals surface area contributed by atoms with Crippen LogP contribution in [0, 0.1) is 5.92 Å². The van der Waals surface area contributed by atoms with Crippen molar-refractivity contribution in [3.05, 3.63) is 16.1 Å². The van der Waals surface area contributed by atoms with Gasteiger partial charge in [-0.1, -0.05) is 20.8 Å². The standard InChI is InChI=1S/C14H23N3OS/c1-14(2,3)11-9-19-12(17-11)8-16-13(18)10-4-6-15-7-5-10/h9-10,15H,4-8H2,1-3H3,(H,16,18). The molecule has 0 bridgehead atoms. The molecule has 1 fully saturated rings. The summed E-state index contributed by atoms with van der Waals surface area (Å²) >= 11 is 1.63. The first-order valence-corrected chi connectivity index (χ1v) is 7.78. The fourth-order valence-electron chi connectivity index (χ4n) is 2.13. The van der Waals surface area contributed by atoms with Crippen LogP contribution in [0.4, 0.5) is 0 Å². The lowest BCUT2D eigenvalue weighted by molar-refractivity contribution is -0.125. The first-order valence-electron chi connectivity index (χ1n) is 6.90. The van der Waals surface area contributed by atoms with Crippen LogP contribution < -0.4 is 10.6 Å². The number of hydrogen-bond acceptors (Lipinski definition) is 4. The molecule has 1 saturated heterocycles. The van der Waals surface area contributed by atoms with Crippen molar-refractivity contribution in [2.24, 2.45) is 5.92 Å². The first kappa shape index (κ1) is 14.5. The van der Waals surface area contributed by atoms with Crippen molar-refractivity contribution in [2.75, 3.05) is 13.1 Å². The highest BCUT2D eigenvalue weighted by Crippen LogP contribution is 2.23. The third kappa shape index (κ3) is 4.01. The van der Waals surface area contributed by atoms with Gasteiger partial charge in [0.15, 0.2) is 0 Å². The van der Waals surface area contributed by atoms with Gasteiger partial charge in [-0.05, 0) is 25.9 Å². The number of amides is 1. The van der Waals surface area contributed by atoms with Crippen LogP contribution in [0.25, 0.3) is 0 Å². The monoisotopic (exact) mass is 281 g/mol. The van der Waals surface area contributed by atoms with E-state index in [1.165, 1.54) is 0 Å². The van der Waals surface area contributed by atoms with Gasteiger partial charge in [0.05, 0.1) is 12.2 Å². The summed E-state index contributed by atoms with van der Waals surface area (Å²) in [5, 5.41) is 9.37. The van der Waals surface area contributed by atoms with Crippen molar-refractivity contribution >= 4 is 17.2 Å². The zero-order chi connectivity index (χ0) is 13.9. The summed E-state index contributed by atoms with van der Waals surface area (Å²) in [5.41, 5.74) is 1.18. The van der Waals surface area contributed by atoms with E-state index < -0.39 is 0 Å². The van der Waals surface area contributed by atoms with Gasteiger partial charge in [0, 0.05) is 16.7 Å². The molecule has 1 aliphatic rings. The van der Waals surface area contributed by atoms with Crippen LogP contribution in [0.3, 0.4) is 0 Å². The molecule has 0 spiro atoms. The van der Waals surface area contributed by atoms with E-state index in [0.717, 1.165) is 36.6 Å². The molecular weight excluding hydrogens is 258 g/mol. The second-order valence-corrected chi connectivity index (χ2v) is 7.06. The molecule has 1 aromatic rings. The Labute approximate surface area is 119 Å². The van der Waals surface area contributed by atoms with Crippen molar-refractivity contribution < 1.29 is 4.79 Å². The van der Waals surface area contributed by atoms with E-state index in [4.69, 9.17) is 0 Å². The van der Waals surface area contributed by atoms with Crippen LogP contribution in [0.15, 0.2) is 5.38 Å². The number of aromatic nitrogens is 1. The molecule has 2 N–H and O–H groups in total. The van der Waals surface area contributed by atoms with Gasteiger partial charge in [0.2, 0.25) is 5.91 Å². The lowest BCUT2D eigenvalue weighted by Gasteiger charge is -2.21. The Kier molecular flexibility index (Phi) is 4.58. The first-order chi connectivity index (χ1) is 8.97. The largest absolute Gasteiger partial charge is 0.349 e. The average Bonchev–Trinajstić information content (AvgIpc) is 2.86. The number of rotatable bonds is 3. The lowest BCUT2D eigenvalue weighted by atomic mass is 9.93. The predicted molar refractivity (Wildman–Crippen MR) is 78.3 cm³/mol. The highest BCUT2D eigenvalue weighted by atomic mass is 32.1. The van der Waals surface area contributed by atoms with Crippen molar-refractivity contribution in [1.29, 1.82) is 0 Å². The molecule has 1 aromatic heterocycles. The summed E-state index contributed by atoms with van der Waals surface area (Å²) in [6.45, 7) is 8.91. The summed E-state index contributed by atoms with van der Waals surface area (Å²) in [6, 6.07) is 0. The van der Waals surface area contributed by atoms with Gasteiger partial charge in [0.1, 0.15) is 5.01 Å². The van der Waals surface area contributed by atoms with Gasteiger partial charge in [-0.25, -0.2) is 4.98 Å². The van der Waals surface area contributed by atoms with Gasteiger partial charge < -0.3 is 10.6 Å². The molecule has 1 aliphatic heterocycles. The number of carbonyl (C=O) groups is 1. The second kappa shape index (κ2) is 6.01. The number of piperidine rings is 1.